The summed E-state index contributed by atoms with van der Waals surface area (Å²) in [5.41, 5.74) is 4.40. The molecule has 0 saturated carbocycles. The van der Waals surface area contributed by atoms with Gasteiger partial charge in [-0.25, -0.2) is 4.79 Å². The number of aromatic amines is 1. The Hall–Kier alpha value is -2.87. The molecule has 0 radical (unpaired) electrons. The maximum Gasteiger partial charge on any atom is 0.315 e. The second-order valence-electron chi connectivity index (χ2n) is 6.64. The largest absolute Gasteiger partial charge is 0.368 e. The van der Waals surface area contributed by atoms with E-state index in [-0.39, 0.29) is 18.0 Å². The van der Waals surface area contributed by atoms with Gasteiger partial charge in [0.1, 0.15) is 6.10 Å². The van der Waals surface area contributed by atoms with Gasteiger partial charge in [-0.15, -0.1) is 0 Å². The number of H-pyrrole nitrogens is 1. The highest BCUT2D eigenvalue weighted by atomic mass is 16.5. The van der Waals surface area contributed by atoms with E-state index in [0.717, 1.165) is 35.4 Å². The second-order valence-corrected chi connectivity index (χ2v) is 6.64. The van der Waals surface area contributed by atoms with E-state index in [1.807, 2.05) is 38.1 Å². The fraction of sp³-hybridized carbons (Fsp3) is 0.421. The number of benzene rings is 1. The van der Waals surface area contributed by atoms with Crippen molar-refractivity contribution in [2.24, 2.45) is 0 Å². The first kappa shape index (κ1) is 18.9. The number of anilines is 1. The zero-order chi connectivity index (χ0) is 19.2. The van der Waals surface area contributed by atoms with Crippen molar-refractivity contribution >= 4 is 17.6 Å². The molecule has 0 aliphatic carbocycles. The lowest BCUT2D eigenvalue weighted by molar-refractivity contribution is -0.124. The van der Waals surface area contributed by atoms with Gasteiger partial charge >= 0.3 is 6.03 Å². The molecule has 2 heterocycles. The maximum atomic E-state index is 12.1. The van der Waals surface area contributed by atoms with Crippen LogP contribution in [0.3, 0.4) is 0 Å². The van der Waals surface area contributed by atoms with E-state index in [1.54, 1.807) is 0 Å². The van der Waals surface area contributed by atoms with Crippen molar-refractivity contribution in [3.63, 3.8) is 0 Å². The smallest absolute Gasteiger partial charge is 0.315 e. The van der Waals surface area contributed by atoms with Crippen LogP contribution in [0.4, 0.5) is 10.5 Å². The van der Waals surface area contributed by atoms with Gasteiger partial charge in [0, 0.05) is 36.6 Å². The number of nitrogens with one attached hydrogen (secondary N) is 4. The average molecular weight is 371 g/mol. The third-order valence-electron chi connectivity index (χ3n) is 4.58. The third kappa shape index (κ3) is 5.07. The summed E-state index contributed by atoms with van der Waals surface area (Å²) >= 11 is 0. The lowest BCUT2D eigenvalue weighted by Crippen LogP contribution is -2.34. The zero-order valence-corrected chi connectivity index (χ0v) is 15.6. The first-order valence-corrected chi connectivity index (χ1v) is 9.06. The number of nitrogens with zero attached hydrogens (tertiary/aromatic N) is 1. The Kier molecular flexibility index (Phi) is 6.08. The first-order valence-electron chi connectivity index (χ1n) is 9.06. The molecule has 144 valence electrons. The quantitative estimate of drug-likeness (QED) is 0.624. The molecule has 8 nitrogen and oxygen atoms in total. The molecule has 0 bridgehead atoms. The highest BCUT2D eigenvalue weighted by molar-refractivity contribution is 5.94. The number of aryl methyl sites for hydroxylation is 2. The minimum Gasteiger partial charge on any atom is -0.368 e. The number of carbonyl (C=O) groups excluding carboxylic acids is 2. The van der Waals surface area contributed by atoms with Crippen molar-refractivity contribution < 1.29 is 14.3 Å². The fourth-order valence-corrected chi connectivity index (χ4v) is 3.01. The van der Waals surface area contributed by atoms with Gasteiger partial charge in [0.2, 0.25) is 0 Å². The van der Waals surface area contributed by atoms with Gasteiger partial charge in [0.05, 0.1) is 5.69 Å². The minimum atomic E-state index is -0.368. The van der Waals surface area contributed by atoms with Crippen LogP contribution in [0, 0.1) is 13.8 Å². The van der Waals surface area contributed by atoms with Gasteiger partial charge in [-0.1, -0.05) is 12.1 Å². The number of amides is 3. The van der Waals surface area contributed by atoms with Crippen molar-refractivity contribution in [3.8, 4) is 0 Å². The van der Waals surface area contributed by atoms with Gasteiger partial charge in [-0.05, 0) is 44.4 Å². The summed E-state index contributed by atoms with van der Waals surface area (Å²) < 4.78 is 5.39. The molecular formula is C19H25N5O3. The molecule has 1 aromatic heterocycles. The van der Waals surface area contributed by atoms with Crippen molar-refractivity contribution in [2.45, 2.75) is 45.9 Å². The predicted molar refractivity (Wildman–Crippen MR) is 101 cm³/mol. The van der Waals surface area contributed by atoms with Gasteiger partial charge < -0.3 is 20.7 Å². The molecule has 2 aromatic rings. The number of ether oxygens (including phenoxy) is 1. The molecule has 1 aromatic carbocycles. The van der Waals surface area contributed by atoms with Gasteiger partial charge in [-0.2, -0.15) is 5.10 Å². The molecule has 1 atom stereocenters. The Bertz CT molecular complexity index is 792. The van der Waals surface area contributed by atoms with Crippen molar-refractivity contribution in [1.29, 1.82) is 0 Å². The van der Waals surface area contributed by atoms with Gasteiger partial charge in [0.15, 0.2) is 0 Å². The highest BCUT2D eigenvalue weighted by Crippen LogP contribution is 2.16. The number of hydrogen-bond acceptors (Lipinski definition) is 4. The minimum absolute atomic E-state index is 0.124. The first-order chi connectivity index (χ1) is 13.0. The van der Waals surface area contributed by atoms with Crippen LogP contribution in [0.25, 0.3) is 0 Å². The zero-order valence-electron chi connectivity index (χ0n) is 15.6. The van der Waals surface area contributed by atoms with Crippen LogP contribution < -0.4 is 16.0 Å². The van der Waals surface area contributed by atoms with E-state index in [0.29, 0.717) is 25.4 Å². The SMILES string of the molecule is Cc1n[nH]c(C)c1CNC(=O)NCc1cccc(NC(=O)[C@@H]2CCCO2)c1. The Balaban J connectivity index is 1.47. The molecule has 1 aliphatic heterocycles. The Morgan fingerprint density at radius 2 is 2.07 bits per heavy atom. The Morgan fingerprint density at radius 3 is 2.78 bits per heavy atom. The number of aromatic nitrogens is 2. The molecular weight excluding hydrogens is 346 g/mol. The topological polar surface area (TPSA) is 108 Å². The van der Waals surface area contributed by atoms with Crippen LogP contribution >= 0.6 is 0 Å². The van der Waals surface area contributed by atoms with E-state index in [2.05, 4.69) is 26.1 Å². The van der Waals surface area contributed by atoms with Crippen molar-refractivity contribution in [2.75, 3.05) is 11.9 Å². The van der Waals surface area contributed by atoms with Crippen LogP contribution in [-0.2, 0) is 22.6 Å². The van der Waals surface area contributed by atoms with Crippen LogP contribution in [0.1, 0.15) is 35.4 Å². The number of urea groups is 1. The molecule has 4 N–H and O–H groups in total. The van der Waals surface area contributed by atoms with Gasteiger partial charge in [-0.3, -0.25) is 9.89 Å². The molecule has 0 spiro atoms. The summed E-state index contributed by atoms with van der Waals surface area (Å²) in [4.78, 5) is 24.2. The van der Waals surface area contributed by atoms with Crippen molar-refractivity contribution in [1.82, 2.24) is 20.8 Å². The summed E-state index contributed by atoms with van der Waals surface area (Å²) in [6, 6.07) is 7.15. The lowest BCUT2D eigenvalue weighted by atomic mass is 10.2. The normalized spacial score (nSPS) is 16.1. The third-order valence-corrected chi connectivity index (χ3v) is 4.58. The standard InChI is InChI=1S/C19H25N5O3/c1-12-16(13(2)24-23-12)11-21-19(26)20-10-14-5-3-6-15(9-14)22-18(25)17-7-4-8-27-17/h3,5-6,9,17H,4,7-8,10-11H2,1-2H3,(H,22,25)(H,23,24)(H2,20,21,26)/t17-/m0/s1. The molecule has 1 aliphatic rings. The highest BCUT2D eigenvalue weighted by Gasteiger charge is 2.23. The average Bonchev–Trinajstić information content (AvgIpc) is 3.29. The molecule has 27 heavy (non-hydrogen) atoms. The summed E-state index contributed by atoms with van der Waals surface area (Å²) in [7, 11) is 0. The molecule has 3 amide bonds. The monoisotopic (exact) mass is 371 g/mol. The number of rotatable bonds is 6. The number of hydrogen-bond donors (Lipinski definition) is 4. The lowest BCUT2D eigenvalue weighted by Gasteiger charge is -2.12. The number of carbonyl (C=O) groups is 2. The van der Waals surface area contributed by atoms with Crippen LogP contribution in [0.5, 0.6) is 0 Å². The molecule has 1 fully saturated rings. The van der Waals surface area contributed by atoms with E-state index in [4.69, 9.17) is 4.74 Å². The second kappa shape index (κ2) is 8.68. The Morgan fingerprint density at radius 1 is 1.26 bits per heavy atom. The summed E-state index contributed by atoms with van der Waals surface area (Å²) in [6.07, 6.45) is 1.30. The van der Waals surface area contributed by atoms with Crippen LogP contribution in [0.2, 0.25) is 0 Å². The predicted octanol–water partition coefficient (Wildman–Crippen LogP) is 2.14. The molecule has 1 saturated heterocycles. The van der Waals surface area contributed by atoms with Crippen molar-refractivity contribution in [3.05, 3.63) is 46.8 Å². The summed E-state index contributed by atoms with van der Waals surface area (Å²) in [6.45, 7) is 5.23. The molecule has 0 unspecified atom stereocenters. The maximum absolute atomic E-state index is 12.1. The molecule has 3 rings (SSSR count). The molecule has 8 heteroatoms. The summed E-state index contributed by atoms with van der Waals surface area (Å²) in [5.74, 6) is -0.124. The Labute approximate surface area is 158 Å². The van der Waals surface area contributed by atoms with Crippen LogP contribution in [0.15, 0.2) is 24.3 Å². The van der Waals surface area contributed by atoms with E-state index < -0.39 is 0 Å². The van der Waals surface area contributed by atoms with Crippen LogP contribution in [-0.4, -0.2) is 34.8 Å². The van der Waals surface area contributed by atoms with E-state index in [9.17, 15) is 9.59 Å². The van der Waals surface area contributed by atoms with Gasteiger partial charge in [0.25, 0.3) is 5.91 Å². The van der Waals surface area contributed by atoms with E-state index in [1.165, 1.54) is 0 Å². The fourth-order valence-electron chi connectivity index (χ4n) is 3.01. The van der Waals surface area contributed by atoms with E-state index >= 15 is 0 Å². The summed E-state index contributed by atoms with van der Waals surface area (Å²) in [5, 5.41) is 15.5.